The highest BCUT2D eigenvalue weighted by atomic mass is 16.6. The van der Waals surface area contributed by atoms with E-state index in [0.29, 0.717) is 11.3 Å². The molecule has 1 aromatic rings. The van der Waals surface area contributed by atoms with Crippen LogP contribution in [0, 0.1) is 23.7 Å². The molecule has 0 spiro atoms. The Labute approximate surface area is 139 Å². The number of ketones is 1. The monoisotopic (exact) mass is 330 g/mol. The van der Waals surface area contributed by atoms with Crippen LogP contribution >= 0.6 is 0 Å². The second-order valence-corrected chi connectivity index (χ2v) is 6.68. The van der Waals surface area contributed by atoms with E-state index in [-0.39, 0.29) is 42.2 Å². The minimum atomic E-state index is -0.454. The fourth-order valence-electron chi connectivity index (χ4n) is 4.42. The number of esters is 2. The van der Waals surface area contributed by atoms with Gasteiger partial charge in [-0.25, -0.2) is 0 Å². The number of rotatable bonds is 5. The minimum Gasteiger partial charge on any atom is -0.497 e. The maximum atomic E-state index is 12.4. The van der Waals surface area contributed by atoms with Gasteiger partial charge in [0.1, 0.15) is 11.9 Å². The number of methoxy groups -OCH3 is 1. The number of Topliss-reactive ketones (excluding diaryl/α,β-unsaturated/α-hetero) is 1. The van der Waals surface area contributed by atoms with Gasteiger partial charge in [-0.2, -0.15) is 0 Å². The first kappa shape index (κ1) is 15.2. The van der Waals surface area contributed by atoms with E-state index in [4.69, 9.17) is 14.2 Å². The van der Waals surface area contributed by atoms with Crippen molar-refractivity contribution in [2.45, 2.75) is 18.9 Å². The van der Waals surface area contributed by atoms with Crippen molar-refractivity contribution >= 4 is 17.7 Å². The number of hydrogen-bond donors (Lipinski definition) is 0. The number of carbonyl (C=O) groups is 3. The van der Waals surface area contributed by atoms with E-state index in [2.05, 4.69) is 0 Å². The molecule has 0 N–H and O–H groups in total. The standard InChI is InChI=1S/C18H18O6/c1-22-11-4-2-9(3-5-11)13(19)8-23-17(20)15-10-6-12-14(7-10)24-18(21)16(12)15/h2-5,10,12,14-16H,6-8H2,1H3/t10-,12-,14-,15-,16+/m1/s1. The van der Waals surface area contributed by atoms with Crippen LogP contribution in [0.1, 0.15) is 23.2 Å². The molecule has 1 saturated heterocycles. The maximum absolute atomic E-state index is 12.4. The van der Waals surface area contributed by atoms with E-state index in [0.717, 1.165) is 12.8 Å². The van der Waals surface area contributed by atoms with Crippen molar-refractivity contribution in [3.63, 3.8) is 0 Å². The largest absolute Gasteiger partial charge is 0.497 e. The Hall–Kier alpha value is -2.37. The van der Waals surface area contributed by atoms with Gasteiger partial charge in [0.25, 0.3) is 0 Å². The molecule has 0 amide bonds. The van der Waals surface area contributed by atoms with Crippen LogP contribution in [-0.2, 0) is 19.1 Å². The number of hydrogen-bond acceptors (Lipinski definition) is 6. The number of ether oxygens (including phenoxy) is 3. The van der Waals surface area contributed by atoms with Gasteiger partial charge in [-0.15, -0.1) is 0 Å². The summed E-state index contributed by atoms with van der Waals surface area (Å²) in [5.41, 5.74) is 0.455. The van der Waals surface area contributed by atoms with E-state index in [1.807, 2.05) is 0 Å². The molecule has 2 saturated carbocycles. The van der Waals surface area contributed by atoms with Crippen LogP contribution in [0.2, 0.25) is 0 Å². The summed E-state index contributed by atoms with van der Waals surface area (Å²) in [5.74, 6) is -0.902. The van der Waals surface area contributed by atoms with E-state index in [1.54, 1.807) is 31.4 Å². The number of fused-ring (bicyclic) bond motifs is 1. The van der Waals surface area contributed by atoms with E-state index in [1.165, 1.54) is 0 Å². The molecule has 24 heavy (non-hydrogen) atoms. The van der Waals surface area contributed by atoms with Gasteiger partial charge in [0.2, 0.25) is 0 Å². The summed E-state index contributed by atoms with van der Waals surface area (Å²) in [7, 11) is 1.55. The van der Waals surface area contributed by atoms with Crippen LogP contribution in [0.3, 0.4) is 0 Å². The highest BCUT2D eigenvalue weighted by Crippen LogP contribution is 2.57. The third kappa shape index (κ3) is 2.28. The van der Waals surface area contributed by atoms with Gasteiger partial charge >= 0.3 is 11.9 Å². The summed E-state index contributed by atoms with van der Waals surface area (Å²) in [4.78, 5) is 36.5. The van der Waals surface area contributed by atoms with Crippen molar-refractivity contribution in [2.24, 2.45) is 23.7 Å². The van der Waals surface area contributed by atoms with Gasteiger partial charge in [-0.3, -0.25) is 14.4 Å². The zero-order chi connectivity index (χ0) is 16.8. The molecule has 4 rings (SSSR count). The van der Waals surface area contributed by atoms with Crippen LogP contribution in [-0.4, -0.2) is 37.5 Å². The fraction of sp³-hybridized carbons (Fsp3) is 0.500. The van der Waals surface area contributed by atoms with Crippen molar-refractivity contribution in [3.8, 4) is 5.75 Å². The second kappa shape index (κ2) is 5.61. The van der Waals surface area contributed by atoms with Crippen LogP contribution in [0.4, 0.5) is 0 Å². The molecule has 3 aliphatic rings. The lowest BCUT2D eigenvalue weighted by atomic mass is 9.80. The molecule has 5 atom stereocenters. The summed E-state index contributed by atoms with van der Waals surface area (Å²) < 4.78 is 15.6. The predicted molar refractivity (Wildman–Crippen MR) is 81.4 cm³/mol. The summed E-state index contributed by atoms with van der Waals surface area (Å²) in [6, 6.07) is 6.62. The first-order valence-corrected chi connectivity index (χ1v) is 8.13. The fourth-order valence-corrected chi connectivity index (χ4v) is 4.42. The first-order valence-electron chi connectivity index (χ1n) is 8.13. The average molecular weight is 330 g/mol. The Kier molecular flexibility index (Phi) is 3.55. The zero-order valence-electron chi connectivity index (χ0n) is 13.3. The topological polar surface area (TPSA) is 78.9 Å². The minimum absolute atomic E-state index is 0.0162. The smallest absolute Gasteiger partial charge is 0.310 e. The lowest BCUT2D eigenvalue weighted by Gasteiger charge is -2.22. The third-order valence-corrected chi connectivity index (χ3v) is 5.51. The second-order valence-electron chi connectivity index (χ2n) is 6.68. The lowest BCUT2D eigenvalue weighted by molar-refractivity contribution is -0.154. The molecule has 2 aliphatic carbocycles. The van der Waals surface area contributed by atoms with Crippen molar-refractivity contribution in [1.82, 2.24) is 0 Å². The molecule has 6 heteroatoms. The highest BCUT2D eigenvalue weighted by molar-refractivity contribution is 5.98. The van der Waals surface area contributed by atoms with E-state index >= 15 is 0 Å². The molecule has 0 aromatic heterocycles. The van der Waals surface area contributed by atoms with E-state index in [9.17, 15) is 14.4 Å². The average Bonchev–Trinajstić information content (AvgIpc) is 3.21. The summed E-state index contributed by atoms with van der Waals surface area (Å²) in [5, 5.41) is 0. The molecule has 126 valence electrons. The van der Waals surface area contributed by atoms with Gasteiger partial charge < -0.3 is 14.2 Å². The van der Waals surface area contributed by atoms with Crippen LogP contribution in [0.5, 0.6) is 5.75 Å². The first-order chi connectivity index (χ1) is 11.6. The Morgan fingerprint density at radius 3 is 2.67 bits per heavy atom. The van der Waals surface area contributed by atoms with Crippen molar-refractivity contribution in [2.75, 3.05) is 13.7 Å². The Balaban J connectivity index is 1.38. The van der Waals surface area contributed by atoms with Crippen LogP contribution in [0.15, 0.2) is 24.3 Å². The third-order valence-electron chi connectivity index (χ3n) is 5.51. The molecule has 1 aliphatic heterocycles. The van der Waals surface area contributed by atoms with E-state index < -0.39 is 11.9 Å². The van der Waals surface area contributed by atoms with Crippen molar-refractivity contribution in [3.05, 3.63) is 29.8 Å². The number of carbonyl (C=O) groups excluding carboxylic acids is 3. The normalized spacial score (nSPS) is 32.5. The van der Waals surface area contributed by atoms with Crippen LogP contribution in [0.25, 0.3) is 0 Å². The van der Waals surface area contributed by atoms with Gasteiger partial charge in [-0.1, -0.05) is 0 Å². The van der Waals surface area contributed by atoms with Gasteiger partial charge in [0.15, 0.2) is 12.4 Å². The summed E-state index contributed by atoms with van der Waals surface area (Å²) in [6.07, 6.45) is 1.56. The molecule has 0 radical (unpaired) electrons. The molecule has 6 nitrogen and oxygen atoms in total. The maximum Gasteiger partial charge on any atom is 0.310 e. The van der Waals surface area contributed by atoms with Gasteiger partial charge in [0, 0.05) is 11.5 Å². The molecule has 2 bridgehead atoms. The Morgan fingerprint density at radius 2 is 1.96 bits per heavy atom. The molecular weight excluding hydrogens is 312 g/mol. The SMILES string of the molecule is COc1ccc(C(=O)COC(=O)[C@@H]2[C@@H]3C[C@H]4[C@@H]2C(=O)O[C@@H]4C3)cc1. The van der Waals surface area contributed by atoms with Crippen molar-refractivity contribution in [1.29, 1.82) is 0 Å². The summed E-state index contributed by atoms with van der Waals surface area (Å²) >= 11 is 0. The van der Waals surface area contributed by atoms with Crippen molar-refractivity contribution < 1.29 is 28.6 Å². The van der Waals surface area contributed by atoms with Gasteiger partial charge in [0.05, 0.1) is 18.9 Å². The molecule has 3 fully saturated rings. The lowest BCUT2D eigenvalue weighted by Crippen LogP contribution is -2.34. The Morgan fingerprint density at radius 1 is 1.21 bits per heavy atom. The molecule has 0 unspecified atom stereocenters. The number of benzene rings is 1. The van der Waals surface area contributed by atoms with Gasteiger partial charge in [-0.05, 0) is 43.0 Å². The Bertz CT molecular complexity index is 692. The quantitative estimate of drug-likeness (QED) is 0.603. The molecular formula is C18H18O6. The highest BCUT2D eigenvalue weighted by Gasteiger charge is 2.64. The summed E-state index contributed by atoms with van der Waals surface area (Å²) in [6.45, 7) is -0.315. The molecule has 1 aromatic carbocycles. The molecule has 1 heterocycles. The predicted octanol–water partition coefficient (Wildman–Crippen LogP) is 1.62. The van der Waals surface area contributed by atoms with Crippen LogP contribution < -0.4 is 4.74 Å². The zero-order valence-corrected chi connectivity index (χ0v) is 13.3.